The van der Waals surface area contributed by atoms with Gasteiger partial charge in [0.2, 0.25) is 11.8 Å². The van der Waals surface area contributed by atoms with Gasteiger partial charge in [0, 0.05) is 24.4 Å². The average molecular weight is 469 g/mol. The highest BCUT2D eigenvalue weighted by Crippen LogP contribution is 2.15. The summed E-state index contributed by atoms with van der Waals surface area (Å²) in [6.07, 6.45) is 5.64. The van der Waals surface area contributed by atoms with Gasteiger partial charge in [0.25, 0.3) is 0 Å². The molecule has 1 aliphatic rings. The molecule has 1 aliphatic heterocycles. The van der Waals surface area contributed by atoms with Gasteiger partial charge in [-0.05, 0) is 42.5 Å². The Kier molecular flexibility index (Phi) is 9.51. The summed E-state index contributed by atoms with van der Waals surface area (Å²) in [5.41, 5.74) is 1.97. The number of esters is 1. The van der Waals surface area contributed by atoms with E-state index in [-0.39, 0.29) is 30.9 Å². The van der Waals surface area contributed by atoms with E-state index in [9.17, 15) is 14.4 Å². The first-order valence-corrected chi connectivity index (χ1v) is 11.5. The number of hydrogen-bond acceptors (Lipinski definition) is 4. The Bertz CT molecular complexity index is 960. The second-order valence-electron chi connectivity index (χ2n) is 8.13. The van der Waals surface area contributed by atoms with E-state index in [2.05, 4.69) is 10.6 Å². The zero-order valence-electron chi connectivity index (χ0n) is 18.5. The molecule has 0 spiro atoms. The van der Waals surface area contributed by atoms with Crippen molar-refractivity contribution in [3.63, 3.8) is 0 Å². The predicted octanol–water partition coefficient (Wildman–Crippen LogP) is 3.97. The van der Waals surface area contributed by atoms with Gasteiger partial charge in [-0.1, -0.05) is 66.2 Å². The molecule has 2 amide bonds. The third-order valence-electron chi connectivity index (χ3n) is 5.41. The highest BCUT2D eigenvalue weighted by Gasteiger charge is 2.24. The molecule has 0 saturated carbocycles. The van der Waals surface area contributed by atoms with Crippen molar-refractivity contribution in [1.82, 2.24) is 10.6 Å². The van der Waals surface area contributed by atoms with Crippen LogP contribution in [0, 0.1) is 5.92 Å². The van der Waals surface area contributed by atoms with Crippen molar-refractivity contribution in [3.8, 4) is 0 Å². The Balaban J connectivity index is 1.59. The number of allylic oxidation sites excluding steroid dienone is 2. The lowest BCUT2D eigenvalue weighted by Crippen LogP contribution is -2.41. The summed E-state index contributed by atoms with van der Waals surface area (Å²) in [4.78, 5) is 37.5. The molecule has 7 heteroatoms. The molecule has 3 rings (SSSR count). The van der Waals surface area contributed by atoms with E-state index in [1.165, 1.54) is 0 Å². The second kappa shape index (κ2) is 12.8. The number of hydrogen-bond donors (Lipinski definition) is 2. The fraction of sp³-hybridized carbons (Fsp3) is 0.346. The quantitative estimate of drug-likeness (QED) is 0.496. The van der Waals surface area contributed by atoms with Crippen LogP contribution in [0.1, 0.15) is 36.8 Å². The maximum atomic E-state index is 12.8. The first kappa shape index (κ1) is 24.5. The highest BCUT2D eigenvalue weighted by molar-refractivity contribution is 6.30. The van der Waals surface area contributed by atoms with Crippen LogP contribution >= 0.6 is 11.6 Å². The van der Waals surface area contributed by atoms with Crippen molar-refractivity contribution in [2.75, 3.05) is 6.61 Å². The Hall–Kier alpha value is -3.12. The molecule has 0 bridgehead atoms. The highest BCUT2D eigenvalue weighted by atomic mass is 35.5. The number of cyclic esters (lactones) is 1. The van der Waals surface area contributed by atoms with Gasteiger partial charge >= 0.3 is 5.97 Å². The fourth-order valence-corrected chi connectivity index (χ4v) is 3.73. The monoisotopic (exact) mass is 468 g/mol. The number of benzene rings is 2. The molecule has 174 valence electrons. The Morgan fingerprint density at radius 3 is 2.55 bits per heavy atom. The number of rotatable bonds is 6. The van der Waals surface area contributed by atoms with E-state index in [4.69, 9.17) is 16.3 Å². The van der Waals surface area contributed by atoms with Crippen molar-refractivity contribution in [1.29, 1.82) is 0 Å². The number of amides is 2. The van der Waals surface area contributed by atoms with Crippen LogP contribution in [0.4, 0.5) is 0 Å². The Morgan fingerprint density at radius 1 is 1.03 bits per heavy atom. The summed E-state index contributed by atoms with van der Waals surface area (Å²) in [6.45, 7) is 0.421. The molecular formula is C26H29ClN2O4. The maximum Gasteiger partial charge on any atom is 0.309 e. The summed E-state index contributed by atoms with van der Waals surface area (Å²) in [5.74, 6) is -1.31. The molecular weight excluding hydrogens is 440 g/mol. The molecule has 1 heterocycles. The smallest absolute Gasteiger partial charge is 0.309 e. The Labute approximate surface area is 199 Å². The van der Waals surface area contributed by atoms with Crippen molar-refractivity contribution in [2.24, 2.45) is 5.92 Å². The van der Waals surface area contributed by atoms with Crippen LogP contribution in [0.25, 0.3) is 0 Å². The van der Waals surface area contributed by atoms with Crippen molar-refractivity contribution >= 4 is 29.4 Å². The average Bonchev–Trinajstić information content (AvgIpc) is 2.81. The summed E-state index contributed by atoms with van der Waals surface area (Å²) >= 11 is 5.89. The molecule has 2 N–H and O–H groups in total. The zero-order valence-corrected chi connectivity index (χ0v) is 19.2. The van der Waals surface area contributed by atoms with Crippen LogP contribution in [0.2, 0.25) is 5.02 Å². The lowest BCUT2D eigenvalue weighted by atomic mass is 9.99. The third-order valence-corrected chi connectivity index (χ3v) is 5.66. The molecule has 33 heavy (non-hydrogen) atoms. The van der Waals surface area contributed by atoms with Crippen LogP contribution in [0.15, 0.2) is 66.7 Å². The van der Waals surface area contributed by atoms with E-state index in [1.807, 2.05) is 54.6 Å². The zero-order chi connectivity index (χ0) is 23.5. The number of halogens is 1. The largest absolute Gasteiger partial charge is 0.463 e. The normalized spacial score (nSPS) is 19.5. The predicted molar refractivity (Wildman–Crippen MR) is 127 cm³/mol. The van der Waals surface area contributed by atoms with E-state index < -0.39 is 11.9 Å². The fourth-order valence-electron chi connectivity index (χ4n) is 3.61. The molecule has 2 aromatic carbocycles. The minimum atomic E-state index is -0.584. The Morgan fingerprint density at radius 2 is 1.79 bits per heavy atom. The minimum absolute atomic E-state index is 0.0342. The van der Waals surface area contributed by atoms with E-state index >= 15 is 0 Å². The van der Waals surface area contributed by atoms with Gasteiger partial charge in [-0.15, -0.1) is 0 Å². The molecule has 0 aliphatic carbocycles. The van der Waals surface area contributed by atoms with Gasteiger partial charge < -0.3 is 15.4 Å². The van der Waals surface area contributed by atoms with Gasteiger partial charge in [0.05, 0.1) is 12.0 Å². The number of carbonyl (C=O) groups is 3. The maximum absolute atomic E-state index is 12.8. The van der Waals surface area contributed by atoms with Crippen LogP contribution in [0.5, 0.6) is 0 Å². The van der Waals surface area contributed by atoms with E-state index in [0.717, 1.165) is 11.1 Å². The van der Waals surface area contributed by atoms with Crippen molar-refractivity contribution in [2.45, 2.75) is 44.7 Å². The molecule has 2 aromatic rings. The molecule has 0 radical (unpaired) electrons. The van der Waals surface area contributed by atoms with Gasteiger partial charge in [-0.2, -0.15) is 0 Å². The number of nitrogens with one attached hydrogen (secondary N) is 2. The van der Waals surface area contributed by atoms with Gasteiger partial charge in [0.15, 0.2) is 0 Å². The molecule has 2 atom stereocenters. The molecule has 0 saturated heterocycles. The van der Waals surface area contributed by atoms with Crippen LogP contribution in [0.3, 0.4) is 0 Å². The van der Waals surface area contributed by atoms with Crippen molar-refractivity contribution < 1.29 is 19.1 Å². The first-order chi connectivity index (χ1) is 16.0. The lowest BCUT2D eigenvalue weighted by Gasteiger charge is -2.21. The van der Waals surface area contributed by atoms with Gasteiger partial charge in [-0.3, -0.25) is 14.4 Å². The first-order valence-electron chi connectivity index (χ1n) is 11.2. The van der Waals surface area contributed by atoms with Crippen molar-refractivity contribution in [3.05, 3.63) is 82.9 Å². The van der Waals surface area contributed by atoms with Crippen LogP contribution in [-0.2, 0) is 32.1 Å². The molecule has 0 fully saturated rings. The summed E-state index contributed by atoms with van der Waals surface area (Å²) in [5, 5.41) is 6.45. The lowest BCUT2D eigenvalue weighted by molar-refractivity contribution is -0.151. The SMILES string of the molecule is O=C(C[C@@H]1CC=CCCC(=O)N[C@H](Cc2ccccc2)COC1=O)NCc1ccc(Cl)cc1. The molecule has 0 aromatic heterocycles. The summed E-state index contributed by atoms with van der Waals surface area (Å²) < 4.78 is 5.56. The summed E-state index contributed by atoms with van der Waals surface area (Å²) in [7, 11) is 0. The van der Waals surface area contributed by atoms with Crippen LogP contribution < -0.4 is 10.6 Å². The second-order valence-corrected chi connectivity index (χ2v) is 8.57. The molecule has 0 unspecified atom stereocenters. The number of ether oxygens (including phenoxy) is 1. The van der Waals surface area contributed by atoms with Crippen LogP contribution in [-0.4, -0.2) is 30.4 Å². The third kappa shape index (κ3) is 8.73. The minimum Gasteiger partial charge on any atom is -0.463 e. The van der Waals surface area contributed by atoms with Gasteiger partial charge in [0.1, 0.15) is 6.61 Å². The van der Waals surface area contributed by atoms with Gasteiger partial charge in [-0.25, -0.2) is 0 Å². The molecule has 6 nitrogen and oxygen atoms in total. The standard InChI is InChI=1S/C26H29ClN2O4/c27-22-13-11-20(12-14-22)17-28-25(31)16-21-9-5-2-6-10-24(30)29-23(18-33-26(21)32)15-19-7-3-1-4-8-19/h1-5,7-8,11-14,21,23H,6,9-10,15-18H2,(H,28,31)(H,29,30)/t21-,23+/m0/s1. The topological polar surface area (TPSA) is 84.5 Å². The van der Waals surface area contributed by atoms with E-state index in [1.54, 1.807) is 12.1 Å². The van der Waals surface area contributed by atoms with E-state index in [0.29, 0.717) is 37.3 Å². The summed E-state index contributed by atoms with van der Waals surface area (Å²) in [6, 6.07) is 16.6. The number of carbonyl (C=O) groups excluding carboxylic acids is 3.